The number of unbranched alkanes of at least 4 members (excludes halogenated alkanes) is 1. The summed E-state index contributed by atoms with van der Waals surface area (Å²) in [4.78, 5) is 13.5. The maximum absolute atomic E-state index is 11.1. The van der Waals surface area contributed by atoms with Gasteiger partial charge in [-0.1, -0.05) is 29.8 Å². The van der Waals surface area contributed by atoms with Gasteiger partial charge in [-0.2, -0.15) is 0 Å². The average Bonchev–Trinajstić information content (AvgIpc) is 2.24. The summed E-state index contributed by atoms with van der Waals surface area (Å²) < 4.78 is 0. The molecule has 0 heterocycles. The SMILES string of the molecule is CCN(CC)CCCCNC(=O)CCBr. The number of carbonyl (C=O) groups excluding carboxylic acids is 1. The van der Waals surface area contributed by atoms with Crippen LogP contribution in [0.4, 0.5) is 0 Å². The van der Waals surface area contributed by atoms with Gasteiger partial charge < -0.3 is 10.2 Å². The van der Waals surface area contributed by atoms with E-state index in [1.165, 1.54) is 0 Å². The third-order valence-corrected chi connectivity index (χ3v) is 2.84. The molecule has 0 saturated heterocycles. The van der Waals surface area contributed by atoms with Gasteiger partial charge in [0.05, 0.1) is 0 Å². The van der Waals surface area contributed by atoms with E-state index in [2.05, 4.69) is 40.0 Å². The van der Waals surface area contributed by atoms with Gasteiger partial charge in [0.2, 0.25) is 5.91 Å². The Bertz CT molecular complexity index is 161. The Balaban J connectivity index is 3.27. The van der Waals surface area contributed by atoms with Crippen molar-refractivity contribution in [1.29, 1.82) is 0 Å². The molecule has 0 aliphatic rings. The first-order valence-corrected chi connectivity index (χ1v) is 6.91. The zero-order valence-corrected chi connectivity index (χ0v) is 11.5. The molecule has 0 aliphatic heterocycles. The van der Waals surface area contributed by atoms with E-state index in [0.29, 0.717) is 6.42 Å². The van der Waals surface area contributed by atoms with Crippen LogP contribution in [0.25, 0.3) is 0 Å². The number of halogens is 1. The molecule has 0 radical (unpaired) electrons. The van der Waals surface area contributed by atoms with Crippen molar-refractivity contribution in [2.75, 3.05) is 31.5 Å². The highest BCUT2D eigenvalue weighted by Gasteiger charge is 2.00. The fourth-order valence-electron chi connectivity index (χ4n) is 1.40. The van der Waals surface area contributed by atoms with Crippen molar-refractivity contribution in [3.63, 3.8) is 0 Å². The molecule has 0 aliphatic carbocycles. The number of amides is 1. The Kier molecular flexibility index (Phi) is 10.4. The predicted molar refractivity (Wildman–Crippen MR) is 68.4 cm³/mol. The largest absolute Gasteiger partial charge is 0.356 e. The van der Waals surface area contributed by atoms with Gasteiger partial charge in [0.1, 0.15) is 0 Å². The van der Waals surface area contributed by atoms with Gasteiger partial charge in [0.15, 0.2) is 0 Å². The summed E-state index contributed by atoms with van der Waals surface area (Å²) >= 11 is 3.24. The predicted octanol–water partition coefficient (Wildman–Crippen LogP) is 2.01. The lowest BCUT2D eigenvalue weighted by molar-refractivity contribution is -0.120. The number of hydrogen-bond acceptors (Lipinski definition) is 2. The third-order valence-electron chi connectivity index (χ3n) is 2.44. The zero-order valence-electron chi connectivity index (χ0n) is 9.89. The van der Waals surface area contributed by atoms with E-state index in [-0.39, 0.29) is 5.91 Å². The van der Waals surface area contributed by atoms with Gasteiger partial charge in [-0.05, 0) is 32.5 Å². The topological polar surface area (TPSA) is 32.3 Å². The molecule has 3 nitrogen and oxygen atoms in total. The fourth-order valence-corrected chi connectivity index (χ4v) is 1.76. The lowest BCUT2D eigenvalue weighted by Crippen LogP contribution is -2.27. The second kappa shape index (κ2) is 10.4. The van der Waals surface area contributed by atoms with E-state index in [9.17, 15) is 4.79 Å². The lowest BCUT2D eigenvalue weighted by atomic mass is 10.3. The molecule has 0 rings (SSSR count). The first-order chi connectivity index (χ1) is 7.24. The van der Waals surface area contributed by atoms with Crippen molar-refractivity contribution in [2.45, 2.75) is 33.1 Å². The van der Waals surface area contributed by atoms with E-state index >= 15 is 0 Å². The molecule has 0 saturated carbocycles. The Morgan fingerprint density at radius 2 is 1.93 bits per heavy atom. The minimum atomic E-state index is 0.148. The Morgan fingerprint density at radius 3 is 2.47 bits per heavy atom. The number of alkyl halides is 1. The fraction of sp³-hybridized carbons (Fsp3) is 0.909. The van der Waals surface area contributed by atoms with Crippen LogP contribution in [0.15, 0.2) is 0 Å². The monoisotopic (exact) mass is 278 g/mol. The van der Waals surface area contributed by atoms with Crippen LogP contribution in [-0.2, 0) is 4.79 Å². The molecule has 0 aromatic heterocycles. The number of rotatable bonds is 9. The van der Waals surface area contributed by atoms with Gasteiger partial charge in [0.25, 0.3) is 0 Å². The smallest absolute Gasteiger partial charge is 0.220 e. The van der Waals surface area contributed by atoms with Crippen molar-refractivity contribution in [2.24, 2.45) is 0 Å². The molecular formula is C11H23BrN2O. The van der Waals surface area contributed by atoms with Gasteiger partial charge in [-0.3, -0.25) is 4.79 Å². The van der Waals surface area contributed by atoms with Crippen LogP contribution < -0.4 is 5.32 Å². The van der Waals surface area contributed by atoms with E-state index in [4.69, 9.17) is 0 Å². The quantitative estimate of drug-likeness (QED) is 0.517. The summed E-state index contributed by atoms with van der Waals surface area (Å²) in [5, 5.41) is 3.65. The second-order valence-corrected chi connectivity index (χ2v) is 4.32. The first-order valence-electron chi connectivity index (χ1n) is 5.79. The Labute approximate surface area is 102 Å². The van der Waals surface area contributed by atoms with E-state index in [0.717, 1.165) is 44.4 Å². The van der Waals surface area contributed by atoms with Gasteiger partial charge in [-0.25, -0.2) is 0 Å². The lowest BCUT2D eigenvalue weighted by Gasteiger charge is -2.17. The summed E-state index contributed by atoms with van der Waals surface area (Å²) in [6, 6.07) is 0. The number of carbonyl (C=O) groups is 1. The van der Waals surface area contributed by atoms with Gasteiger partial charge in [-0.15, -0.1) is 0 Å². The van der Waals surface area contributed by atoms with Crippen LogP contribution in [0.2, 0.25) is 0 Å². The molecule has 1 N–H and O–H groups in total. The first kappa shape index (κ1) is 14.9. The highest BCUT2D eigenvalue weighted by Crippen LogP contribution is 1.94. The van der Waals surface area contributed by atoms with Crippen molar-refractivity contribution in [3.8, 4) is 0 Å². The molecule has 0 aromatic carbocycles. The highest BCUT2D eigenvalue weighted by molar-refractivity contribution is 9.09. The van der Waals surface area contributed by atoms with Crippen LogP contribution in [0.3, 0.4) is 0 Å². The molecule has 0 fully saturated rings. The molecule has 1 amide bonds. The normalized spacial score (nSPS) is 10.7. The number of hydrogen-bond donors (Lipinski definition) is 1. The van der Waals surface area contributed by atoms with E-state index in [1.54, 1.807) is 0 Å². The van der Waals surface area contributed by atoms with Crippen LogP contribution >= 0.6 is 15.9 Å². The van der Waals surface area contributed by atoms with E-state index < -0.39 is 0 Å². The summed E-state index contributed by atoms with van der Waals surface area (Å²) in [6.45, 7) is 8.55. The second-order valence-electron chi connectivity index (χ2n) is 3.52. The molecule has 0 spiro atoms. The highest BCUT2D eigenvalue weighted by atomic mass is 79.9. The molecule has 0 unspecified atom stereocenters. The molecule has 0 atom stereocenters. The van der Waals surface area contributed by atoms with Crippen molar-refractivity contribution < 1.29 is 4.79 Å². The maximum Gasteiger partial charge on any atom is 0.220 e. The average molecular weight is 279 g/mol. The van der Waals surface area contributed by atoms with Gasteiger partial charge >= 0.3 is 0 Å². The van der Waals surface area contributed by atoms with Crippen molar-refractivity contribution >= 4 is 21.8 Å². The molecule has 15 heavy (non-hydrogen) atoms. The number of nitrogens with zero attached hydrogens (tertiary/aromatic N) is 1. The molecule has 0 bridgehead atoms. The molecule has 90 valence electrons. The molecule has 0 aromatic rings. The van der Waals surface area contributed by atoms with Crippen LogP contribution in [-0.4, -0.2) is 42.3 Å². The number of nitrogens with one attached hydrogen (secondary N) is 1. The molecular weight excluding hydrogens is 256 g/mol. The summed E-state index contributed by atoms with van der Waals surface area (Å²) in [5.41, 5.74) is 0. The van der Waals surface area contributed by atoms with Crippen LogP contribution in [0, 0.1) is 0 Å². The zero-order chi connectivity index (χ0) is 11.5. The maximum atomic E-state index is 11.1. The van der Waals surface area contributed by atoms with Crippen LogP contribution in [0.5, 0.6) is 0 Å². The standard InChI is InChI=1S/C11H23BrN2O/c1-3-14(4-2)10-6-5-9-13-11(15)7-8-12/h3-10H2,1-2H3,(H,13,15). The summed E-state index contributed by atoms with van der Waals surface area (Å²) in [6.07, 6.45) is 2.82. The minimum Gasteiger partial charge on any atom is -0.356 e. The minimum absolute atomic E-state index is 0.148. The van der Waals surface area contributed by atoms with Gasteiger partial charge in [0, 0.05) is 18.3 Å². The third kappa shape index (κ3) is 8.88. The van der Waals surface area contributed by atoms with Crippen LogP contribution in [0.1, 0.15) is 33.1 Å². The Morgan fingerprint density at radius 1 is 1.27 bits per heavy atom. The Hall–Kier alpha value is -0.0900. The van der Waals surface area contributed by atoms with E-state index in [1.807, 2.05) is 0 Å². The summed E-state index contributed by atoms with van der Waals surface area (Å²) in [7, 11) is 0. The van der Waals surface area contributed by atoms with Crippen molar-refractivity contribution in [3.05, 3.63) is 0 Å². The van der Waals surface area contributed by atoms with Crippen molar-refractivity contribution in [1.82, 2.24) is 10.2 Å². The summed E-state index contributed by atoms with van der Waals surface area (Å²) in [5.74, 6) is 0.148. The molecule has 4 heteroatoms.